The van der Waals surface area contributed by atoms with Gasteiger partial charge in [0.1, 0.15) is 0 Å². The van der Waals surface area contributed by atoms with Crippen LogP contribution in [0.15, 0.2) is 0 Å². The average molecular weight is 472 g/mol. The second-order valence-electron chi connectivity index (χ2n) is 7.33. The molecule has 0 saturated heterocycles. The van der Waals surface area contributed by atoms with Crippen LogP contribution in [0.4, 0.5) is 0 Å². The molecule has 4 aliphatic carbocycles. The van der Waals surface area contributed by atoms with E-state index in [2.05, 4.69) is 12.9 Å². The minimum absolute atomic E-state index is 0.322. The summed E-state index contributed by atoms with van der Waals surface area (Å²) in [4.78, 5) is 45.3. The number of phosphoric ester groups is 1. The van der Waals surface area contributed by atoms with Gasteiger partial charge in [0.25, 0.3) is 0 Å². The summed E-state index contributed by atoms with van der Waals surface area (Å²) in [5.74, 6) is 0.966. The molecular weight excluding hydrogens is 452 g/mol. The summed E-state index contributed by atoms with van der Waals surface area (Å²) in [5, 5.41) is 0. The summed E-state index contributed by atoms with van der Waals surface area (Å²) in [6.45, 7) is 0. The normalized spacial score (nSPS) is 39.5. The van der Waals surface area contributed by atoms with Gasteiger partial charge in [0.15, 0.2) is 0 Å². The smallest absolute Gasteiger partial charge is 0.302 e. The fourth-order valence-corrected chi connectivity index (χ4v) is 9.61. The largest absolute Gasteiger partial charge is 0.490 e. The van der Waals surface area contributed by atoms with Gasteiger partial charge in [-0.3, -0.25) is 4.52 Å². The Hall–Kier alpha value is 0.560. The molecule has 158 valence electrons. The average Bonchev–Trinajstić information content (AvgIpc) is 2.27. The lowest BCUT2D eigenvalue weighted by atomic mass is 9.54. The molecule has 27 heavy (non-hydrogen) atoms. The first-order chi connectivity index (χ1) is 12.1. The van der Waals surface area contributed by atoms with Crippen molar-refractivity contribution in [3.8, 4) is 0 Å². The molecule has 5 N–H and O–H groups in total. The van der Waals surface area contributed by atoms with Crippen LogP contribution in [0.1, 0.15) is 38.5 Å². The van der Waals surface area contributed by atoms with E-state index in [9.17, 15) is 28.0 Å². The lowest BCUT2D eigenvalue weighted by Gasteiger charge is -2.56. The quantitative estimate of drug-likeness (QED) is 0.322. The van der Waals surface area contributed by atoms with E-state index in [-0.39, 0.29) is 0 Å². The number of phosphoric acid groups is 4. The molecule has 0 aliphatic heterocycles. The van der Waals surface area contributed by atoms with Crippen LogP contribution < -0.4 is 0 Å². The van der Waals surface area contributed by atoms with Crippen molar-refractivity contribution in [3.05, 3.63) is 0 Å². The van der Waals surface area contributed by atoms with Crippen LogP contribution in [0.3, 0.4) is 0 Å². The van der Waals surface area contributed by atoms with Crippen molar-refractivity contribution in [2.75, 3.05) is 0 Å². The number of hydrogen-bond donors (Lipinski definition) is 5. The fraction of sp³-hybridized carbons (Fsp3) is 1.00. The highest BCUT2D eigenvalue weighted by Gasteiger charge is 2.56. The molecule has 0 aromatic carbocycles. The van der Waals surface area contributed by atoms with E-state index in [0.29, 0.717) is 37.0 Å². The maximum atomic E-state index is 12.2. The summed E-state index contributed by atoms with van der Waals surface area (Å²) >= 11 is 0. The van der Waals surface area contributed by atoms with Crippen molar-refractivity contribution < 1.29 is 60.2 Å². The monoisotopic (exact) mass is 472 g/mol. The Kier molecular flexibility index (Phi) is 5.82. The van der Waals surface area contributed by atoms with Gasteiger partial charge in [0, 0.05) is 0 Å². The Morgan fingerprint density at radius 2 is 1.00 bits per heavy atom. The molecule has 3 unspecified atom stereocenters. The summed E-state index contributed by atoms with van der Waals surface area (Å²) in [6, 6.07) is 0. The SMILES string of the molecule is O=P(O)(O)OP(=O)(O)OP(=O)(O)OP(=O)(O)OC12CC3CC(CC(C3)C1)C2. The van der Waals surface area contributed by atoms with E-state index < -0.39 is 36.9 Å². The van der Waals surface area contributed by atoms with Crippen molar-refractivity contribution in [2.45, 2.75) is 44.1 Å². The minimum Gasteiger partial charge on any atom is -0.302 e. The Bertz CT molecular complexity index is 753. The lowest BCUT2D eigenvalue weighted by Crippen LogP contribution is -2.51. The van der Waals surface area contributed by atoms with E-state index in [1.165, 1.54) is 0 Å². The highest BCUT2D eigenvalue weighted by atomic mass is 31.3. The molecule has 0 heterocycles. The van der Waals surface area contributed by atoms with Gasteiger partial charge in [-0.15, -0.1) is 0 Å². The van der Waals surface area contributed by atoms with E-state index in [4.69, 9.17) is 19.2 Å². The van der Waals surface area contributed by atoms with Gasteiger partial charge >= 0.3 is 31.3 Å². The zero-order valence-corrected chi connectivity index (χ0v) is 17.3. The molecule has 13 nitrogen and oxygen atoms in total. The molecule has 0 aromatic rings. The van der Waals surface area contributed by atoms with Crippen molar-refractivity contribution in [1.29, 1.82) is 0 Å². The molecule has 0 amide bonds. The third-order valence-corrected chi connectivity index (χ3v) is 10.5. The first-order valence-corrected chi connectivity index (χ1v) is 14.0. The van der Waals surface area contributed by atoms with Gasteiger partial charge in [0.2, 0.25) is 0 Å². The van der Waals surface area contributed by atoms with Crippen LogP contribution in [0.25, 0.3) is 0 Å². The van der Waals surface area contributed by atoms with Crippen molar-refractivity contribution in [3.63, 3.8) is 0 Å². The topological polar surface area (TPSA) is 206 Å². The van der Waals surface area contributed by atoms with Gasteiger partial charge in [-0.05, 0) is 56.3 Å². The molecule has 0 radical (unpaired) electrons. The van der Waals surface area contributed by atoms with Crippen molar-refractivity contribution in [1.82, 2.24) is 0 Å². The molecule has 4 saturated carbocycles. The summed E-state index contributed by atoms with van der Waals surface area (Å²) in [6.07, 6.45) is 4.45. The predicted molar refractivity (Wildman–Crippen MR) is 86.8 cm³/mol. The van der Waals surface area contributed by atoms with Gasteiger partial charge in [-0.1, -0.05) is 0 Å². The first kappa shape index (κ1) is 22.2. The second-order valence-corrected chi connectivity index (χ2v) is 13.3. The summed E-state index contributed by atoms with van der Waals surface area (Å²) < 4.78 is 62.1. The second kappa shape index (κ2) is 7.06. The van der Waals surface area contributed by atoms with Gasteiger partial charge in [-0.2, -0.15) is 12.9 Å². The molecule has 4 aliphatic rings. The molecular formula is C10H20O13P4. The van der Waals surface area contributed by atoms with E-state index in [1.807, 2.05) is 0 Å². The van der Waals surface area contributed by atoms with E-state index in [0.717, 1.165) is 19.3 Å². The van der Waals surface area contributed by atoms with Crippen molar-refractivity contribution >= 4 is 31.3 Å². The highest BCUT2D eigenvalue weighted by molar-refractivity contribution is 7.69. The third-order valence-electron chi connectivity index (χ3n) is 4.91. The van der Waals surface area contributed by atoms with Crippen LogP contribution >= 0.6 is 31.3 Å². The van der Waals surface area contributed by atoms with Crippen LogP contribution in [0.2, 0.25) is 0 Å². The molecule has 4 fully saturated rings. The highest BCUT2D eigenvalue weighted by Crippen LogP contribution is 2.72. The Balaban J connectivity index is 1.67. The molecule has 4 bridgehead atoms. The van der Waals surface area contributed by atoms with E-state index >= 15 is 0 Å². The molecule has 4 rings (SSSR count). The fourth-order valence-electron chi connectivity index (χ4n) is 4.83. The minimum atomic E-state index is -5.78. The van der Waals surface area contributed by atoms with E-state index in [1.54, 1.807) is 0 Å². The maximum Gasteiger partial charge on any atom is 0.490 e. The molecule has 0 aromatic heterocycles. The number of hydrogen-bond acceptors (Lipinski definition) is 8. The first-order valence-electron chi connectivity index (χ1n) is 7.95. The van der Waals surface area contributed by atoms with Gasteiger partial charge < -0.3 is 24.5 Å². The summed E-state index contributed by atoms with van der Waals surface area (Å²) in [7, 11) is -22.3. The van der Waals surface area contributed by atoms with Crippen LogP contribution in [-0.4, -0.2) is 30.1 Å². The van der Waals surface area contributed by atoms with Crippen LogP contribution in [0.5, 0.6) is 0 Å². The Labute approximate surface area is 154 Å². The zero-order valence-electron chi connectivity index (χ0n) is 13.8. The van der Waals surface area contributed by atoms with Gasteiger partial charge in [0.05, 0.1) is 5.60 Å². The zero-order chi connectivity index (χ0) is 20.3. The van der Waals surface area contributed by atoms with Crippen molar-refractivity contribution in [2.24, 2.45) is 17.8 Å². The van der Waals surface area contributed by atoms with Crippen LogP contribution in [-0.2, 0) is 35.7 Å². The molecule has 17 heteroatoms. The Morgan fingerprint density at radius 1 is 0.630 bits per heavy atom. The third kappa shape index (κ3) is 6.03. The molecule has 3 atom stereocenters. The standard InChI is InChI=1S/C10H20O13P4/c11-24(12,13)21-26(16,17)23-27(18,19)22-25(14,15)20-10-4-7-1-8(5-10)3-9(2-7)6-10/h7-9H,1-6H2,(H,14,15)(H,16,17)(H,18,19)(H2,11,12,13). The van der Waals surface area contributed by atoms with Crippen LogP contribution in [0, 0.1) is 17.8 Å². The van der Waals surface area contributed by atoms with Gasteiger partial charge in [-0.25, -0.2) is 18.3 Å². The predicted octanol–water partition coefficient (Wildman–Crippen LogP) is 2.42. The Morgan fingerprint density at radius 3 is 1.41 bits per heavy atom. The lowest BCUT2D eigenvalue weighted by molar-refractivity contribution is -0.117. The molecule has 0 spiro atoms. The maximum absolute atomic E-state index is 12.2. The number of rotatable bonds is 8. The summed E-state index contributed by atoms with van der Waals surface area (Å²) in [5.41, 5.74) is -0.996.